The fourth-order valence-electron chi connectivity index (χ4n) is 9.15. The maximum Gasteiger partial charge on any atom is 0.0659 e. The van der Waals surface area contributed by atoms with Gasteiger partial charge in [-0.2, -0.15) is 0 Å². The Morgan fingerprint density at radius 2 is 1.37 bits per heavy atom. The van der Waals surface area contributed by atoms with Crippen LogP contribution in [0.1, 0.15) is 56.4 Å². The van der Waals surface area contributed by atoms with Gasteiger partial charge in [-0.15, -0.1) is 0 Å². The Labute approximate surface area is 335 Å². The van der Waals surface area contributed by atoms with Crippen LogP contribution in [0, 0.1) is 6.92 Å². The maximum absolute atomic E-state index is 4.65. The number of para-hydroxylation sites is 2. The van der Waals surface area contributed by atoms with Crippen molar-refractivity contribution in [1.29, 1.82) is 0 Å². The Hall–Kier alpha value is -6.71. The molecule has 3 nitrogen and oxygen atoms in total. The first-order valence-electron chi connectivity index (χ1n) is 20.2. The number of allylic oxidation sites excluding steroid dienone is 5. The second kappa shape index (κ2) is 15.1. The van der Waals surface area contributed by atoms with Gasteiger partial charge in [-0.3, -0.25) is 4.98 Å². The minimum atomic E-state index is 0.336. The van der Waals surface area contributed by atoms with E-state index < -0.39 is 0 Å². The van der Waals surface area contributed by atoms with E-state index in [1.165, 1.54) is 77.0 Å². The molecule has 57 heavy (non-hydrogen) atoms. The van der Waals surface area contributed by atoms with Crippen molar-refractivity contribution >= 4 is 54.9 Å². The van der Waals surface area contributed by atoms with Crippen LogP contribution in [0.2, 0.25) is 0 Å². The Morgan fingerprint density at radius 3 is 2.12 bits per heavy atom. The molecule has 3 heteroatoms. The summed E-state index contributed by atoms with van der Waals surface area (Å²) in [7, 11) is 0. The molecule has 0 aliphatic heterocycles. The standard InChI is InChI=1S/C54H47N3/c1-6-18-36(3)52-44(30-32-51-54(52)46-25-12-14-28-49(46)56(51)41(19-7-2)34-37(4)47-26-15-16-33-55-47)43-29-31-50-53(38(43)5)45-24-11-13-27-48(45)57(50)42-23-17-22-40(35-42)39-20-9-8-10-21-39/h7-17,19-36H,2,6,18H2,1,3-5H3/b37-34+,41-19+. The Balaban J connectivity index is 1.29. The lowest BCUT2D eigenvalue weighted by Crippen LogP contribution is -2.01. The molecule has 6 aromatic carbocycles. The Morgan fingerprint density at radius 1 is 0.684 bits per heavy atom. The summed E-state index contributed by atoms with van der Waals surface area (Å²) in [6.45, 7) is 13.3. The van der Waals surface area contributed by atoms with Gasteiger partial charge in [-0.05, 0) is 126 Å². The predicted molar refractivity (Wildman–Crippen MR) is 245 cm³/mol. The smallest absolute Gasteiger partial charge is 0.0659 e. The highest BCUT2D eigenvalue weighted by Crippen LogP contribution is 2.46. The van der Waals surface area contributed by atoms with Gasteiger partial charge >= 0.3 is 0 Å². The van der Waals surface area contributed by atoms with E-state index >= 15 is 0 Å². The molecule has 9 rings (SSSR count). The highest BCUT2D eigenvalue weighted by molar-refractivity contribution is 6.16. The summed E-state index contributed by atoms with van der Waals surface area (Å²) in [5.74, 6) is 0.336. The third-order valence-electron chi connectivity index (χ3n) is 11.7. The molecule has 278 valence electrons. The number of aryl methyl sites for hydroxylation is 1. The zero-order valence-electron chi connectivity index (χ0n) is 33.2. The first-order valence-corrected chi connectivity index (χ1v) is 20.2. The SMILES string of the molecule is C=C/C=C(\C=C(/C)c1ccccn1)n1c2ccccc2c2c(C(C)CCC)c(-c3ccc4c(c3C)c3ccccc3n4-c3cccc(-c4ccccc4)c3)ccc21. The van der Waals surface area contributed by atoms with Gasteiger partial charge in [0.25, 0.3) is 0 Å². The third-order valence-corrected chi connectivity index (χ3v) is 11.7. The van der Waals surface area contributed by atoms with Crippen molar-refractivity contribution in [2.24, 2.45) is 0 Å². The first kappa shape index (κ1) is 36.0. The largest absolute Gasteiger partial charge is 0.309 e. The Bertz CT molecular complexity index is 3010. The van der Waals surface area contributed by atoms with E-state index in [1.54, 1.807) is 0 Å². The fourth-order valence-corrected chi connectivity index (χ4v) is 9.15. The van der Waals surface area contributed by atoms with Crippen LogP contribution in [0.25, 0.3) is 82.8 Å². The van der Waals surface area contributed by atoms with Crippen LogP contribution in [-0.4, -0.2) is 14.1 Å². The minimum Gasteiger partial charge on any atom is -0.309 e. The number of fused-ring (bicyclic) bond motifs is 6. The summed E-state index contributed by atoms with van der Waals surface area (Å²) in [4.78, 5) is 4.65. The van der Waals surface area contributed by atoms with E-state index in [0.29, 0.717) is 5.92 Å². The molecule has 0 bridgehead atoms. The zero-order valence-corrected chi connectivity index (χ0v) is 33.2. The van der Waals surface area contributed by atoms with E-state index in [4.69, 9.17) is 0 Å². The van der Waals surface area contributed by atoms with Crippen LogP contribution >= 0.6 is 0 Å². The van der Waals surface area contributed by atoms with Crippen LogP contribution in [0.15, 0.2) is 177 Å². The van der Waals surface area contributed by atoms with E-state index in [0.717, 1.165) is 35.5 Å². The molecular weight excluding hydrogens is 691 g/mol. The van der Waals surface area contributed by atoms with Crippen LogP contribution < -0.4 is 0 Å². The number of aromatic nitrogens is 3. The Kier molecular flexibility index (Phi) is 9.52. The van der Waals surface area contributed by atoms with Gasteiger partial charge in [-0.25, -0.2) is 0 Å². The lowest BCUT2D eigenvalue weighted by Gasteiger charge is -2.21. The fraction of sp³-hybridized carbons (Fsp3) is 0.130. The summed E-state index contributed by atoms with van der Waals surface area (Å²) in [5.41, 5.74) is 16.8. The minimum absolute atomic E-state index is 0.336. The summed E-state index contributed by atoms with van der Waals surface area (Å²) < 4.78 is 4.86. The van der Waals surface area contributed by atoms with Gasteiger partial charge < -0.3 is 9.13 Å². The van der Waals surface area contributed by atoms with Crippen LogP contribution in [0.4, 0.5) is 0 Å². The average molecular weight is 738 g/mol. The molecule has 0 aliphatic carbocycles. The lowest BCUT2D eigenvalue weighted by molar-refractivity contribution is 0.670. The molecule has 0 radical (unpaired) electrons. The quantitative estimate of drug-likeness (QED) is 0.128. The maximum atomic E-state index is 4.65. The molecular formula is C54H47N3. The van der Waals surface area contributed by atoms with E-state index in [1.807, 2.05) is 24.4 Å². The summed E-state index contributed by atoms with van der Waals surface area (Å²) in [6, 6.07) is 52.9. The normalized spacial score (nSPS) is 12.9. The zero-order chi connectivity index (χ0) is 39.0. The first-order chi connectivity index (χ1) is 28.0. The topological polar surface area (TPSA) is 22.8 Å². The molecule has 1 atom stereocenters. The summed E-state index contributed by atoms with van der Waals surface area (Å²) >= 11 is 0. The summed E-state index contributed by atoms with van der Waals surface area (Å²) in [5, 5.41) is 5.16. The van der Waals surface area contributed by atoms with Crippen LogP contribution in [0.3, 0.4) is 0 Å². The van der Waals surface area contributed by atoms with Gasteiger partial charge in [0.15, 0.2) is 0 Å². The molecule has 0 fully saturated rings. The van der Waals surface area contributed by atoms with Gasteiger partial charge in [0, 0.05) is 39.1 Å². The number of pyridine rings is 1. The number of benzene rings is 6. The second-order valence-electron chi connectivity index (χ2n) is 15.2. The van der Waals surface area contributed by atoms with Crippen molar-refractivity contribution < 1.29 is 0 Å². The van der Waals surface area contributed by atoms with Crippen molar-refractivity contribution in [2.45, 2.75) is 46.5 Å². The third kappa shape index (κ3) is 6.20. The van der Waals surface area contributed by atoms with Gasteiger partial charge in [0.1, 0.15) is 0 Å². The molecule has 0 aliphatic rings. The van der Waals surface area contributed by atoms with Crippen molar-refractivity contribution in [1.82, 2.24) is 14.1 Å². The number of hydrogen-bond donors (Lipinski definition) is 0. The molecule has 3 heterocycles. The lowest BCUT2D eigenvalue weighted by atomic mass is 9.84. The highest BCUT2D eigenvalue weighted by Gasteiger charge is 2.24. The predicted octanol–water partition coefficient (Wildman–Crippen LogP) is 15.0. The van der Waals surface area contributed by atoms with E-state index in [9.17, 15) is 0 Å². The molecule has 0 spiro atoms. The van der Waals surface area contributed by atoms with Gasteiger partial charge in [0.2, 0.25) is 0 Å². The molecule has 0 saturated heterocycles. The van der Waals surface area contributed by atoms with Crippen LogP contribution in [0.5, 0.6) is 0 Å². The summed E-state index contributed by atoms with van der Waals surface area (Å²) in [6.07, 6.45) is 10.3. The second-order valence-corrected chi connectivity index (χ2v) is 15.2. The highest BCUT2D eigenvalue weighted by atomic mass is 15.0. The van der Waals surface area contributed by atoms with Crippen molar-refractivity contribution in [2.75, 3.05) is 0 Å². The molecule has 3 aromatic heterocycles. The van der Waals surface area contributed by atoms with Crippen LogP contribution in [-0.2, 0) is 0 Å². The number of hydrogen-bond acceptors (Lipinski definition) is 1. The van der Waals surface area contributed by atoms with Crippen molar-refractivity contribution in [3.63, 3.8) is 0 Å². The van der Waals surface area contributed by atoms with Gasteiger partial charge in [0.05, 0.1) is 27.8 Å². The van der Waals surface area contributed by atoms with Crippen molar-refractivity contribution in [3.05, 3.63) is 193 Å². The van der Waals surface area contributed by atoms with E-state index in [-0.39, 0.29) is 0 Å². The molecule has 0 saturated carbocycles. The average Bonchev–Trinajstić information content (AvgIpc) is 3.77. The van der Waals surface area contributed by atoms with E-state index in [2.05, 4.69) is 194 Å². The number of nitrogens with zero attached hydrogens (tertiary/aromatic N) is 3. The molecule has 9 aromatic rings. The van der Waals surface area contributed by atoms with Gasteiger partial charge in [-0.1, -0.05) is 130 Å². The molecule has 0 amide bonds. The van der Waals surface area contributed by atoms with Crippen molar-refractivity contribution in [3.8, 4) is 27.9 Å². The number of rotatable bonds is 10. The molecule has 1 unspecified atom stereocenters. The molecule has 0 N–H and O–H groups in total. The monoisotopic (exact) mass is 737 g/mol.